The van der Waals surface area contributed by atoms with Gasteiger partial charge in [-0.3, -0.25) is 9.52 Å². The van der Waals surface area contributed by atoms with Crippen LogP contribution in [0.2, 0.25) is 0 Å². The second-order valence-corrected chi connectivity index (χ2v) is 10.5. The quantitative estimate of drug-likeness (QED) is 0.676. The number of hydrogen-bond acceptors (Lipinski definition) is 5. The number of anilines is 2. The van der Waals surface area contributed by atoms with Gasteiger partial charge in [0.05, 0.1) is 20.5 Å². The third-order valence-corrected chi connectivity index (χ3v) is 7.28. The summed E-state index contributed by atoms with van der Waals surface area (Å²) in [6, 6.07) is 10.1. The molecule has 6 nitrogen and oxygen atoms in total. The summed E-state index contributed by atoms with van der Waals surface area (Å²) in [7, 11) is -3.51. The summed E-state index contributed by atoms with van der Waals surface area (Å²) in [4.78, 5) is 16.8. The lowest BCUT2D eigenvalue weighted by molar-refractivity contribution is 0.102. The minimum Gasteiger partial charge on any atom is -0.322 e. The predicted octanol–water partition coefficient (Wildman–Crippen LogP) is 4.40. The van der Waals surface area contributed by atoms with Gasteiger partial charge in [-0.1, -0.05) is 0 Å². The standard InChI is InChI=1S/C19H21N3O3S2/c1-12-15(9-10-16-17(12)26-11-20-16)21-18(23)13-5-7-14(8-6-13)22-27(24,25)19(2,3)4/h5-11,22H,1-4H3,(H,21,23). The van der Waals surface area contributed by atoms with Gasteiger partial charge in [-0.2, -0.15) is 0 Å². The lowest BCUT2D eigenvalue weighted by Gasteiger charge is -2.20. The van der Waals surface area contributed by atoms with E-state index in [2.05, 4.69) is 15.0 Å². The van der Waals surface area contributed by atoms with E-state index in [1.165, 1.54) is 11.3 Å². The van der Waals surface area contributed by atoms with Crippen LogP contribution in [-0.2, 0) is 10.0 Å². The normalized spacial score (nSPS) is 12.1. The Kier molecular flexibility index (Phi) is 4.96. The highest BCUT2D eigenvalue weighted by molar-refractivity contribution is 7.94. The predicted molar refractivity (Wildman–Crippen MR) is 111 cm³/mol. The maximum atomic E-state index is 12.5. The van der Waals surface area contributed by atoms with Crippen molar-refractivity contribution in [3.05, 3.63) is 53.0 Å². The molecule has 27 heavy (non-hydrogen) atoms. The van der Waals surface area contributed by atoms with Gasteiger partial charge in [0.2, 0.25) is 10.0 Å². The molecule has 142 valence electrons. The van der Waals surface area contributed by atoms with Crippen molar-refractivity contribution < 1.29 is 13.2 Å². The number of thiazole rings is 1. The van der Waals surface area contributed by atoms with Gasteiger partial charge in [0, 0.05) is 16.9 Å². The molecule has 0 fully saturated rings. The average Bonchev–Trinajstić information content (AvgIpc) is 3.06. The summed E-state index contributed by atoms with van der Waals surface area (Å²) >= 11 is 1.53. The zero-order chi connectivity index (χ0) is 19.8. The Morgan fingerprint density at radius 1 is 1.07 bits per heavy atom. The molecule has 0 aliphatic heterocycles. The van der Waals surface area contributed by atoms with Crippen LogP contribution in [0.4, 0.5) is 11.4 Å². The molecule has 0 spiro atoms. The van der Waals surface area contributed by atoms with Crippen molar-refractivity contribution in [1.82, 2.24) is 4.98 Å². The number of benzene rings is 2. The van der Waals surface area contributed by atoms with E-state index in [9.17, 15) is 13.2 Å². The highest BCUT2D eigenvalue weighted by atomic mass is 32.2. The van der Waals surface area contributed by atoms with Crippen LogP contribution in [0.5, 0.6) is 0 Å². The smallest absolute Gasteiger partial charge is 0.255 e. The Morgan fingerprint density at radius 3 is 2.37 bits per heavy atom. The lowest BCUT2D eigenvalue weighted by atomic mass is 10.1. The van der Waals surface area contributed by atoms with Gasteiger partial charge < -0.3 is 5.32 Å². The first kappa shape index (κ1) is 19.3. The number of amides is 1. The number of aryl methyl sites for hydroxylation is 1. The Balaban J connectivity index is 1.76. The van der Waals surface area contributed by atoms with Gasteiger partial charge in [-0.15, -0.1) is 11.3 Å². The van der Waals surface area contributed by atoms with Crippen LogP contribution in [0, 0.1) is 6.92 Å². The summed E-state index contributed by atoms with van der Waals surface area (Å²) in [6.07, 6.45) is 0. The molecule has 0 unspecified atom stereocenters. The second-order valence-electron chi connectivity index (χ2n) is 7.19. The number of sulfonamides is 1. The fraction of sp³-hybridized carbons (Fsp3) is 0.263. The van der Waals surface area contributed by atoms with E-state index < -0.39 is 14.8 Å². The van der Waals surface area contributed by atoms with Gasteiger partial charge in [-0.05, 0) is 69.7 Å². The Hall–Kier alpha value is -2.45. The van der Waals surface area contributed by atoms with E-state index in [4.69, 9.17) is 0 Å². The Labute approximate surface area is 162 Å². The topological polar surface area (TPSA) is 88.2 Å². The van der Waals surface area contributed by atoms with E-state index >= 15 is 0 Å². The molecule has 1 aromatic heterocycles. The average molecular weight is 404 g/mol. The van der Waals surface area contributed by atoms with Crippen molar-refractivity contribution in [2.24, 2.45) is 0 Å². The van der Waals surface area contributed by atoms with Gasteiger partial charge >= 0.3 is 0 Å². The molecule has 0 saturated heterocycles. The number of fused-ring (bicyclic) bond motifs is 1. The van der Waals surface area contributed by atoms with Crippen LogP contribution < -0.4 is 10.0 Å². The van der Waals surface area contributed by atoms with E-state index in [-0.39, 0.29) is 5.91 Å². The van der Waals surface area contributed by atoms with Gasteiger partial charge in [0.25, 0.3) is 5.91 Å². The SMILES string of the molecule is Cc1c(NC(=O)c2ccc(NS(=O)(=O)C(C)(C)C)cc2)ccc2ncsc12. The minimum absolute atomic E-state index is 0.257. The Bertz CT molecular complexity index is 1100. The maximum absolute atomic E-state index is 12.5. The van der Waals surface area contributed by atoms with Crippen LogP contribution >= 0.6 is 11.3 Å². The van der Waals surface area contributed by atoms with Crippen LogP contribution in [0.1, 0.15) is 36.7 Å². The number of rotatable bonds is 4. The van der Waals surface area contributed by atoms with Crippen molar-refractivity contribution in [2.45, 2.75) is 32.4 Å². The molecule has 0 aliphatic rings. The zero-order valence-corrected chi connectivity index (χ0v) is 17.2. The van der Waals surface area contributed by atoms with E-state index in [0.717, 1.165) is 21.5 Å². The van der Waals surface area contributed by atoms with Crippen molar-refractivity contribution in [3.8, 4) is 0 Å². The van der Waals surface area contributed by atoms with Crippen LogP contribution in [0.3, 0.4) is 0 Å². The van der Waals surface area contributed by atoms with Crippen LogP contribution in [0.25, 0.3) is 10.2 Å². The van der Waals surface area contributed by atoms with Gasteiger partial charge in [0.1, 0.15) is 0 Å². The molecule has 3 rings (SSSR count). The number of nitrogens with zero attached hydrogens (tertiary/aromatic N) is 1. The van der Waals surface area contributed by atoms with Gasteiger partial charge in [-0.25, -0.2) is 13.4 Å². The van der Waals surface area contributed by atoms with E-state index in [1.54, 1.807) is 50.5 Å². The number of carbonyl (C=O) groups excluding carboxylic acids is 1. The number of hydrogen-bond donors (Lipinski definition) is 2. The number of carbonyl (C=O) groups is 1. The molecule has 2 aromatic carbocycles. The monoisotopic (exact) mass is 403 g/mol. The number of nitrogens with one attached hydrogen (secondary N) is 2. The highest BCUT2D eigenvalue weighted by Gasteiger charge is 2.28. The number of aromatic nitrogens is 1. The Morgan fingerprint density at radius 2 is 1.74 bits per heavy atom. The minimum atomic E-state index is -3.51. The molecule has 0 atom stereocenters. The first-order valence-corrected chi connectivity index (χ1v) is 10.7. The van der Waals surface area contributed by atoms with Crippen molar-refractivity contribution in [1.29, 1.82) is 0 Å². The van der Waals surface area contributed by atoms with Crippen molar-refractivity contribution in [3.63, 3.8) is 0 Å². The molecule has 0 aliphatic carbocycles. The fourth-order valence-electron chi connectivity index (χ4n) is 2.39. The highest BCUT2D eigenvalue weighted by Crippen LogP contribution is 2.28. The second kappa shape index (κ2) is 6.94. The zero-order valence-electron chi connectivity index (χ0n) is 15.5. The summed E-state index contributed by atoms with van der Waals surface area (Å²) in [5.74, 6) is -0.257. The van der Waals surface area contributed by atoms with Crippen molar-refractivity contribution in [2.75, 3.05) is 10.0 Å². The fourth-order valence-corrected chi connectivity index (χ4v) is 3.94. The third-order valence-electron chi connectivity index (χ3n) is 4.20. The lowest BCUT2D eigenvalue weighted by Crippen LogP contribution is -2.33. The molecule has 0 saturated carbocycles. The summed E-state index contributed by atoms with van der Waals surface area (Å²) in [5.41, 5.74) is 5.25. The summed E-state index contributed by atoms with van der Waals surface area (Å²) in [6.45, 7) is 6.82. The first-order chi connectivity index (χ1) is 12.6. The summed E-state index contributed by atoms with van der Waals surface area (Å²) in [5, 5.41) is 2.90. The molecule has 1 amide bonds. The largest absolute Gasteiger partial charge is 0.322 e. The first-order valence-electron chi connectivity index (χ1n) is 8.35. The molecule has 2 N–H and O–H groups in total. The molecular formula is C19H21N3O3S2. The molecular weight excluding hydrogens is 382 g/mol. The summed E-state index contributed by atoms with van der Waals surface area (Å²) < 4.78 is 27.1. The molecule has 0 bridgehead atoms. The van der Waals surface area contributed by atoms with Gasteiger partial charge in [0.15, 0.2) is 0 Å². The van der Waals surface area contributed by atoms with E-state index in [0.29, 0.717) is 11.3 Å². The van der Waals surface area contributed by atoms with Crippen molar-refractivity contribution >= 4 is 48.9 Å². The molecule has 8 heteroatoms. The van der Waals surface area contributed by atoms with Crippen LogP contribution in [-0.4, -0.2) is 24.1 Å². The third kappa shape index (κ3) is 3.96. The van der Waals surface area contributed by atoms with E-state index in [1.807, 2.05) is 19.1 Å². The molecule has 0 radical (unpaired) electrons. The molecule has 3 aromatic rings. The van der Waals surface area contributed by atoms with Crippen LogP contribution in [0.15, 0.2) is 41.9 Å². The molecule has 1 heterocycles. The maximum Gasteiger partial charge on any atom is 0.255 e.